The first-order valence-electron chi connectivity index (χ1n) is 9.54. The van der Waals surface area contributed by atoms with Gasteiger partial charge in [-0.3, -0.25) is 14.9 Å². The lowest BCUT2D eigenvalue weighted by molar-refractivity contribution is -0.384. The molecule has 14 nitrogen and oxygen atoms in total. The standard InChI is InChI=1S/C18H17N5O9S/c1-18(15(16(25)26)22-13(24)6-14(22)33(18,30)31)9-21-12(7-19-20-21)17(27)32-8-10-2-4-11(5-3-10)23(28)29/h2-5,7,14-15H,6,8-9H2,1H3,(H,25,26)/t14-,15-,18-/m0/s1. The van der Waals surface area contributed by atoms with E-state index in [4.69, 9.17) is 4.74 Å². The number of rotatable bonds is 7. The molecule has 1 amide bonds. The number of esters is 1. The Bertz CT molecular complexity index is 1270. The number of carboxylic acid groups (broad SMARTS) is 1. The first-order valence-corrected chi connectivity index (χ1v) is 11.1. The molecule has 0 unspecified atom stereocenters. The number of non-ortho nitro benzene ring substituents is 1. The van der Waals surface area contributed by atoms with Gasteiger partial charge in [-0.2, -0.15) is 0 Å². The molecule has 1 aromatic heterocycles. The summed E-state index contributed by atoms with van der Waals surface area (Å²) in [4.78, 5) is 47.3. The van der Waals surface area contributed by atoms with Gasteiger partial charge in [-0.1, -0.05) is 5.21 Å². The molecule has 4 rings (SSSR count). The third-order valence-electron chi connectivity index (χ3n) is 5.85. The minimum absolute atomic E-state index is 0.130. The van der Waals surface area contributed by atoms with Crippen molar-refractivity contribution in [1.29, 1.82) is 0 Å². The van der Waals surface area contributed by atoms with E-state index in [0.717, 1.165) is 15.8 Å². The topological polar surface area (TPSA) is 192 Å². The Morgan fingerprint density at radius 3 is 2.58 bits per heavy atom. The average molecular weight is 479 g/mol. The van der Waals surface area contributed by atoms with Gasteiger partial charge in [0, 0.05) is 12.1 Å². The van der Waals surface area contributed by atoms with Crippen LogP contribution in [0.3, 0.4) is 0 Å². The maximum atomic E-state index is 13.0. The molecule has 0 bridgehead atoms. The summed E-state index contributed by atoms with van der Waals surface area (Å²) in [6.45, 7) is 0.411. The minimum Gasteiger partial charge on any atom is -0.480 e. The maximum absolute atomic E-state index is 13.0. The van der Waals surface area contributed by atoms with E-state index in [1.807, 2.05) is 0 Å². The van der Waals surface area contributed by atoms with E-state index in [0.29, 0.717) is 5.56 Å². The summed E-state index contributed by atoms with van der Waals surface area (Å²) < 4.78 is 30.2. The van der Waals surface area contributed by atoms with E-state index < -0.39 is 55.3 Å². The zero-order chi connectivity index (χ0) is 24.1. The van der Waals surface area contributed by atoms with Crippen LogP contribution in [0.25, 0.3) is 0 Å². The Balaban J connectivity index is 1.54. The van der Waals surface area contributed by atoms with Gasteiger partial charge in [-0.05, 0) is 24.6 Å². The number of nitro groups is 1. The number of β-lactam (4-membered cyclic amide) rings is 1. The quantitative estimate of drug-likeness (QED) is 0.238. The van der Waals surface area contributed by atoms with E-state index in [9.17, 15) is 38.0 Å². The van der Waals surface area contributed by atoms with E-state index >= 15 is 0 Å². The van der Waals surface area contributed by atoms with Gasteiger partial charge in [0.15, 0.2) is 21.6 Å². The van der Waals surface area contributed by atoms with Gasteiger partial charge in [-0.15, -0.1) is 5.10 Å². The second-order valence-corrected chi connectivity index (χ2v) is 10.4. The average Bonchev–Trinajstić information content (AvgIpc) is 3.25. The molecule has 0 aliphatic carbocycles. The first kappa shape index (κ1) is 22.3. The molecule has 1 aromatic carbocycles. The number of nitro benzene ring substituents is 1. The van der Waals surface area contributed by atoms with Gasteiger partial charge < -0.3 is 14.7 Å². The van der Waals surface area contributed by atoms with Crippen LogP contribution in [0.15, 0.2) is 30.5 Å². The van der Waals surface area contributed by atoms with Crippen molar-refractivity contribution in [1.82, 2.24) is 19.9 Å². The number of carboxylic acids is 1. The number of fused-ring (bicyclic) bond motifs is 1. The Morgan fingerprint density at radius 1 is 1.33 bits per heavy atom. The lowest BCUT2D eigenvalue weighted by Gasteiger charge is -2.35. The van der Waals surface area contributed by atoms with Crippen LogP contribution in [0.4, 0.5) is 5.69 Å². The molecule has 2 aliphatic heterocycles. The number of hydrogen-bond donors (Lipinski definition) is 1. The van der Waals surface area contributed by atoms with Crippen molar-refractivity contribution >= 4 is 33.4 Å². The van der Waals surface area contributed by atoms with E-state index in [-0.39, 0.29) is 24.4 Å². The van der Waals surface area contributed by atoms with Crippen LogP contribution in [-0.4, -0.2) is 72.3 Å². The third kappa shape index (κ3) is 3.40. The Labute approximate surface area is 185 Å². The summed E-state index contributed by atoms with van der Waals surface area (Å²) >= 11 is 0. The highest BCUT2D eigenvalue weighted by Gasteiger charge is 2.70. The van der Waals surface area contributed by atoms with Crippen molar-refractivity contribution in [2.45, 2.75) is 42.7 Å². The van der Waals surface area contributed by atoms with Gasteiger partial charge in [0.25, 0.3) is 5.69 Å². The lowest BCUT2D eigenvalue weighted by Crippen LogP contribution is -2.58. The minimum atomic E-state index is -4.11. The van der Waals surface area contributed by atoms with Crippen LogP contribution >= 0.6 is 0 Å². The zero-order valence-corrected chi connectivity index (χ0v) is 17.8. The number of ether oxygens (including phenoxy) is 1. The van der Waals surface area contributed by atoms with Crippen LogP contribution in [0.1, 0.15) is 29.4 Å². The molecule has 2 aromatic rings. The molecule has 0 spiro atoms. The van der Waals surface area contributed by atoms with E-state index in [1.54, 1.807) is 0 Å². The highest BCUT2D eigenvalue weighted by Crippen LogP contribution is 2.46. The Morgan fingerprint density at radius 2 is 2.00 bits per heavy atom. The van der Waals surface area contributed by atoms with Crippen LogP contribution < -0.4 is 0 Å². The smallest absolute Gasteiger partial charge is 0.358 e. The molecule has 0 radical (unpaired) electrons. The maximum Gasteiger partial charge on any atom is 0.358 e. The molecular formula is C18H17N5O9S. The summed E-state index contributed by atoms with van der Waals surface area (Å²) in [6, 6.07) is 3.66. The van der Waals surface area contributed by atoms with Crippen molar-refractivity contribution in [2.75, 3.05) is 0 Å². The summed E-state index contributed by atoms with van der Waals surface area (Å²) in [5, 5.41) is 26.4. The van der Waals surface area contributed by atoms with Crippen LogP contribution in [-0.2, 0) is 37.3 Å². The molecule has 15 heteroatoms. The monoisotopic (exact) mass is 479 g/mol. The lowest BCUT2D eigenvalue weighted by atomic mass is 9.96. The summed E-state index contributed by atoms with van der Waals surface area (Å²) in [7, 11) is -4.11. The van der Waals surface area contributed by atoms with Crippen molar-refractivity contribution in [2.24, 2.45) is 0 Å². The molecule has 3 atom stereocenters. The Kier molecular flexibility index (Phi) is 5.15. The second-order valence-electron chi connectivity index (χ2n) is 7.83. The number of nitrogens with zero attached hydrogens (tertiary/aromatic N) is 5. The van der Waals surface area contributed by atoms with Crippen molar-refractivity contribution in [3.8, 4) is 0 Å². The predicted molar refractivity (Wildman–Crippen MR) is 106 cm³/mol. The number of benzene rings is 1. The normalized spacial score (nSPS) is 25.2. The molecule has 33 heavy (non-hydrogen) atoms. The molecule has 174 valence electrons. The molecule has 2 saturated heterocycles. The zero-order valence-electron chi connectivity index (χ0n) is 17.0. The molecule has 1 N–H and O–H groups in total. The molecule has 2 fully saturated rings. The summed E-state index contributed by atoms with van der Waals surface area (Å²) in [5.41, 5.74) is 0.111. The van der Waals surface area contributed by atoms with Crippen molar-refractivity contribution < 1.29 is 37.6 Å². The van der Waals surface area contributed by atoms with Gasteiger partial charge in [0.1, 0.15) is 16.7 Å². The summed E-state index contributed by atoms with van der Waals surface area (Å²) in [5.74, 6) is -2.98. The van der Waals surface area contributed by atoms with E-state index in [1.165, 1.54) is 31.2 Å². The number of hydrogen-bond acceptors (Lipinski definition) is 10. The van der Waals surface area contributed by atoms with Gasteiger partial charge in [0.05, 0.1) is 24.1 Å². The van der Waals surface area contributed by atoms with Gasteiger partial charge in [-0.25, -0.2) is 22.7 Å². The third-order valence-corrected chi connectivity index (χ3v) is 8.62. The summed E-state index contributed by atoms with van der Waals surface area (Å²) in [6.07, 6.45) is 0.738. The highest BCUT2D eigenvalue weighted by molar-refractivity contribution is 7.93. The highest BCUT2D eigenvalue weighted by atomic mass is 32.2. The number of carbonyl (C=O) groups is 3. The number of aromatic nitrogens is 3. The number of aliphatic carboxylic acids is 1. The van der Waals surface area contributed by atoms with Crippen LogP contribution in [0.5, 0.6) is 0 Å². The van der Waals surface area contributed by atoms with E-state index in [2.05, 4.69) is 10.3 Å². The molecule has 2 aliphatic rings. The molecular weight excluding hydrogens is 462 g/mol. The largest absolute Gasteiger partial charge is 0.480 e. The van der Waals surface area contributed by atoms with Gasteiger partial charge in [0.2, 0.25) is 5.91 Å². The first-order chi connectivity index (χ1) is 15.5. The number of carbonyl (C=O) groups excluding carboxylic acids is 2. The SMILES string of the molecule is C[C@]1(Cn2nncc2C(=O)OCc2ccc([N+](=O)[O-])cc2)[C@H](C(=O)O)N2C(=O)C[C@@H]2S1(=O)=O. The molecule has 0 saturated carbocycles. The Hall–Kier alpha value is -3.88. The molecule has 3 heterocycles. The van der Waals surface area contributed by atoms with Gasteiger partial charge >= 0.3 is 11.9 Å². The van der Waals surface area contributed by atoms with Crippen molar-refractivity contribution in [3.05, 3.63) is 51.8 Å². The second kappa shape index (κ2) is 7.61. The fourth-order valence-electron chi connectivity index (χ4n) is 4.05. The number of amides is 1. The fraction of sp³-hybridized carbons (Fsp3) is 0.389. The van der Waals surface area contributed by atoms with Crippen molar-refractivity contribution in [3.63, 3.8) is 0 Å². The number of sulfone groups is 1. The fourth-order valence-corrected chi connectivity index (χ4v) is 6.40. The predicted octanol–water partition coefficient (Wildman–Crippen LogP) is -0.258. The van der Waals surface area contributed by atoms with Crippen LogP contribution in [0, 0.1) is 10.1 Å². The van der Waals surface area contributed by atoms with Crippen LogP contribution in [0.2, 0.25) is 0 Å².